The molecule has 4 atom stereocenters. The van der Waals surface area contributed by atoms with E-state index in [9.17, 15) is 38.7 Å². The van der Waals surface area contributed by atoms with Crippen molar-refractivity contribution in [3.05, 3.63) is 0 Å². The predicted octanol–water partition coefficient (Wildman–Crippen LogP) is -4.49. The minimum absolute atomic E-state index is 0.0734. The Labute approximate surface area is 216 Å². The standard InChI is InChI=1S/C20H34N8O10/c21-9(8-13(22)29)16(34)26-10(3-5-14(30)31)17(35)27-11(4-6-15(32)33)18(36)28-12(19(37)38)2-1-7-25-20(23)24/h9-12H,1-8,21H2,(H2,22,29)(H,26,34)(H,27,35)(H,28,36)(H,30,31)(H,32,33)(H,37,38)(H4,23,24,25). The largest absolute Gasteiger partial charge is 0.481 e. The van der Waals surface area contributed by atoms with Gasteiger partial charge in [0, 0.05) is 19.4 Å². The Bertz CT molecular complexity index is 921. The Morgan fingerprint density at radius 1 is 0.684 bits per heavy atom. The third-order valence-electron chi connectivity index (χ3n) is 4.88. The van der Waals surface area contributed by atoms with Crippen LogP contribution in [-0.2, 0) is 33.6 Å². The van der Waals surface area contributed by atoms with E-state index in [-0.39, 0.29) is 25.3 Å². The molecule has 0 heterocycles. The summed E-state index contributed by atoms with van der Waals surface area (Å²) in [5.41, 5.74) is 20.9. The van der Waals surface area contributed by atoms with Crippen molar-refractivity contribution in [3.63, 3.8) is 0 Å². The van der Waals surface area contributed by atoms with Gasteiger partial charge in [0.25, 0.3) is 0 Å². The number of nitrogens with zero attached hydrogens (tertiary/aromatic N) is 1. The van der Waals surface area contributed by atoms with Gasteiger partial charge in [0.1, 0.15) is 18.1 Å². The first-order valence-corrected chi connectivity index (χ1v) is 11.3. The number of carbonyl (C=O) groups is 7. The third kappa shape index (κ3) is 14.8. The Kier molecular flexibility index (Phi) is 15.0. The van der Waals surface area contributed by atoms with Gasteiger partial charge in [-0.25, -0.2) is 4.79 Å². The van der Waals surface area contributed by atoms with Crippen molar-refractivity contribution in [3.8, 4) is 0 Å². The number of nitrogens with one attached hydrogen (secondary N) is 3. The van der Waals surface area contributed by atoms with Gasteiger partial charge >= 0.3 is 17.9 Å². The van der Waals surface area contributed by atoms with Crippen LogP contribution in [0.5, 0.6) is 0 Å². The number of primary amides is 1. The number of aliphatic imine (C=N–C) groups is 1. The predicted molar refractivity (Wildman–Crippen MR) is 129 cm³/mol. The van der Waals surface area contributed by atoms with Crippen molar-refractivity contribution >= 4 is 47.5 Å². The molecule has 0 saturated heterocycles. The van der Waals surface area contributed by atoms with Crippen molar-refractivity contribution in [2.75, 3.05) is 6.54 Å². The van der Waals surface area contributed by atoms with Crippen LogP contribution in [0.15, 0.2) is 4.99 Å². The molecule has 18 heteroatoms. The summed E-state index contributed by atoms with van der Waals surface area (Å²) in [4.78, 5) is 86.2. The number of carboxylic acid groups (broad SMARTS) is 3. The number of hydrogen-bond acceptors (Lipinski definition) is 9. The van der Waals surface area contributed by atoms with E-state index in [0.29, 0.717) is 0 Å². The summed E-state index contributed by atoms with van der Waals surface area (Å²) >= 11 is 0. The zero-order valence-corrected chi connectivity index (χ0v) is 20.4. The smallest absolute Gasteiger partial charge is 0.326 e. The molecule has 0 aliphatic rings. The van der Waals surface area contributed by atoms with E-state index in [4.69, 9.17) is 33.1 Å². The summed E-state index contributed by atoms with van der Waals surface area (Å²) in [6.45, 7) is 0.0734. The second-order valence-electron chi connectivity index (χ2n) is 8.11. The normalized spacial score (nSPS) is 13.6. The second kappa shape index (κ2) is 17.1. The van der Waals surface area contributed by atoms with Gasteiger partial charge in [0.2, 0.25) is 23.6 Å². The van der Waals surface area contributed by atoms with E-state index in [0.717, 1.165) is 0 Å². The second-order valence-corrected chi connectivity index (χ2v) is 8.11. The number of nitrogens with two attached hydrogens (primary N) is 4. The van der Waals surface area contributed by atoms with Crippen LogP contribution in [0.2, 0.25) is 0 Å². The third-order valence-corrected chi connectivity index (χ3v) is 4.88. The van der Waals surface area contributed by atoms with Crippen molar-refractivity contribution in [2.24, 2.45) is 27.9 Å². The molecule has 0 radical (unpaired) electrons. The molecule has 4 amide bonds. The van der Waals surface area contributed by atoms with Gasteiger partial charge in [0.05, 0.1) is 12.5 Å². The number of aliphatic carboxylic acids is 3. The van der Waals surface area contributed by atoms with E-state index in [2.05, 4.69) is 20.9 Å². The maximum Gasteiger partial charge on any atom is 0.326 e. The van der Waals surface area contributed by atoms with Crippen LogP contribution in [0.25, 0.3) is 0 Å². The monoisotopic (exact) mass is 546 g/mol. The highest BCUT2D eigenvalue weighted by Crippen LogP contribution is 2.06. The first-order valence-electron chi connectivity index (χ1n) is 11.3. The summed E-state index contributed by atoms with van der Waals surface area (Å²) < 4.78 is 0. The van der Waals surface area contributed by atoms with E-state index in [1.165, 1.54) is 0 Å². The number of guanidine groups is 1. The fourth-order valence-electron chi connectivity index (χ4n) is 2.97. The van der Waals surface area contributed by atoms with E-state index < -0.39 is 97.8 Å². The lowest BCUT2D eigenvalue weighted by atomic mass is 10.1. The molecule has 0 fully saturated rings. The minimum atomic E-state index is -1.57. The van der Waals surface area contributed by atoms with Crippen LogP contribution in [0.4, 0.5) is 0 Å². The quantitative estimate of drug-likeness (QED) is 0.0415. The fourth-order valence-corrected chi connectivity index (χ4v) is 2.97. The van der Waals surface area contributed by atoms with Crippen LogP contribution < -0.4 is 38.9 Å². The van der Waals surface area contributed by atoms with Gasteiger partial charge in [-0.3, -0.25) is 33.8 Å². The highest BCUT2D eigenvalue weighted by Gasteiger charge is 2.31. The van der Waals surface area contributed by atoms with Gasteiger partial charge in [-0.05, 0) is 25.7 Å². The van der Waals surface area contributed by atoms with Gasteiger partial charge in [-0.15, -0.1) is 0 Å². The average molecular weight is 547 g/mol. The van der Waals surface area contributed by atoms with Crippen molar-refractivity contribution in [1.29, 1.82) is 0 Å². The highest BCUT2D eigenvalue weighted by molar-refractivity contribution is 5.95. The lowest BCUT2D eigenvalue weighted by Gasteiger charge is -2.24. The lowest BCUT2D eigenvalue weighted by Crippen LogP contribution is -2.57. The maximum absolute atomic E-state index is 12.9. The van der Waals surface area contributed by atoms with E-state index in [1.54, 1.807) is 0 Å². The molecule has 214 valence electrons. The molecule has 0 aromatic heterocycles. The first kappa shape index (κ1) is 33.5. The van der Waals surface area contributed by atoms with Gasteiger partial charge < -0.3 is 54.2 Å². The number of carboxylic acids is 3. The van der Waals surface area contributed by atoms with Crippen LogP contribution in [-0.4, -0.2) is 93.5 Å². The summed E-state index contributed by atoms with van der Waals surface area (Å²) in [6, 6.07) is -6.00. The summed E-state index contributed by atoms with van der Waals surface area (Å²) in [5, 5.41) is 33.9. The molecular weight excluding hydrogens is 512 g/mol. The van der Waals surface area contributed by atoms with Crippen molar-refractivity contribution in [2.45, 2.75) is 69.1 Å². The highest BCUT2D eigenvalue weighted by atomic mass is 16.4. The minimum Gasteiger partial charge on any atom is -0.481 e. The molecule has 0 aliphatic carbocycles. The SMILES string of the molecule is NC(=O)CC(N)C(=O)NC(CCC(=O)O)C(=O)NC(CCC(=O)O)C(=O)NC(CCCN=C(N)N)C(=O)O. The molecule has 0 aromatic rings. The first-order chi connectivity index (χ1) is 17.6. The molecule has 4 unspecified atom stereocenters. The Balaban J connectivity index is 5.63. The fraction of sp³-hybridized carbons (Fsp3) is 0.600. The topological polar surface area (TPSA) is 333 Å². The summed E-state index contributed by atoms with van der Waals surface area (Å²) in [7, 11) is 0. The molecule has 0 rings (SSSR count). The van der Waals surface area contributed by atoms with E-state index >= 15 is 0 Å². The molecule has 0 aliphatic heterocycles. The zero-order chi connectivity index (χ0) is 29.4. The van der Waals surface area contributed by atoms with Gasteiger partial charge in [-0.2, -0.15) is 0 Å². The summed E-state index contributed by atoms with van der Waals surface area (Å²) in [5.74, 6) is -8.29. The number of amides is 4. The van der Waals surface area contributed by atoms with Crippen molar-refractivity contribution in [1.82, 2.24) is 16.0 Å². The number of rotatable bonds is 19. The Morgan fingerprint density at radius 3 is 1.53 bits per heavy atom. The molecule has 38 heavy (non-hydrogen) atoms. The van der Waals surface area contributed by atoms with Crippen LogP contribution in [0.1, 0.15) is 44.9 Å². The molecule has 18 nitrogen and oxygen atoms in total. The van der Waals surface area contributed by atoms with Gasteiger partial charge in [0.15, 0.2) is 5.96 Å². The van der Waals surface area contributed by atoms with E-state index in [1.807, 2.05) is 0 Å². The molecule has 0 aromatic carbocycles. The molecule has 0 saturated carbocycles. The molecule has 0 spiro atoms. The van der Waals surface area contributed by atoms with Crippen LogP contribution in [0, 0.1) is 0 Å². The molecule has 0 bridgehead atoms. The molecular formula is C20H34N8O10. The van der Waals surface area contributed by atoms with Crippen LogP contribution in [0.3, 0.4) is 0 Å². The lowest BCUT2D eigenvalue weighted by molar-refractivity contribution is -0.143. The number of hydrogen-bond donors (Lipinski definition) is 10. The molecule has 14 N–H and O–H groups in total. The Hall–Kier alpha value is -4.48. The Morgan fingerprint density at radius 2 is 1.13 bits per heavy atom. The number of carbonyl (C=O) groups excluding carboxylic acids is 4. The zero-order valence-electron chi connectivity index (χ0n) is 20.4. The van der Waals surface area contributed by atoms with Gasteiger partial charge in [-0.1, -0.05) is 0 Å². The maximum atomic E-state index is 12.9. The van der Waals surface area contributed by atoms with Crippen molar-refractivity contribution < 1.29 is 48.9 Å². The average Bonchev–Trinajstić information content (AvgIpc) is 2.79. The van der Waals surface area contributed by atoms with Crippen LogP contribution >= 0.6 is 0 Å². The summed E-state index contributed by atoms with van der Waals surface area (Å²) in [6.07, 6.45) is -2.62.